The monoisotopic (exact) mass is 496 g/mol. The van der Waals surface area contributed by atoms with Gasteiger partial charge in [-0.1, -0.05) is 36.4 Å². The van der Waals surface area contributed by atoms with Crippen molar-refractivity contribution in [2.24, 2.45) is 5.92 Å². The van der Waals surface area contributed by atoms with E-state index in [2.05, 4.69) is 17.4 Å². The Balaban J connectivity index is 1.56. The highest BCUT2D eigenvalue weighted by Gasteiger charge is 2.48. The smallest absolute Gasteiger partial charge is 0.230 e. The molecule has 2 unspecified atom stereocenters. The molecule has 1 aliphatic carbocycles. The van der Waals surface area contributed by atoms with Crippen LogP contribution in [0.1, 0.15) is 42.4 Å². The van der Waals surface area contributed by atoms with Crippen molar-refractivity contribution in [3.8, 4) is 5.75 Å². The van der Waals surface area contributed by atoms with Crippen LogP contribution in [0, 0.1) is 5.92 Å². The number of nitrogens with one attached hydrogen (secondary N) is 1. The van der Waals surface area contributed by atoms with Gasteiger partial charge in [0.05, 0.1) is 12.5 Å². The van der Waals surface area contributed by atoms with Crippen LogP contribution in [0.15, 0.2) is 48.5 Å². The number of carbonyl (C=O) groups excluding carboxylic acids is 1. The molecule has 1 aliphatic heterocycles. The molecule has 2 fully saturated rings. The summed E-state index contributed by atoms with van der Waals surface area (Å²) < 4.78 is 16.3. The van der Waals surface area contributed by atoms with Crippen molar-refractivity contribution in [1.29, 1.82) is 0 Å². The minimum atomic E-state index is -1.17. The number of aryl methyl sites for hydroxylation is 1. The second-order valence-electron chi connectivity index (χ2n) is 9.92. The predicted molar refractivity (Wildman–Crippen MR) is 139 cm³/mol. The van der Waals surface area contributed by atoms with Crippen LogP contribution in [0.2, 0.25) is 0 Å². The fourth-order valence-corrected chi connectivity index (χ4v) is 5.11. The summed E-state index contributed by atoms with van der Waals surface area (Å²) >= 11 is 0. The van der Waals surface area contributed by atoms with Crippen molar-refractivity contribution in [1.82, 2.24) is 10.2 Å². The molecule has 1 heterocycles. The summed E-state index contributed by atoms with van der Waals surface area (Å²) in [5.74, 6) is 0.277. The van der Waals surface area contributed by atoms with E-state index in [-0.39, 0.29) is 11.9 Å². The van der Waals surface area contributed by atoms with E-state index in [1.165, 1.54) is 5.56 Å². The number of hydrogen-bond donors (Lipinski definition) is 2. The molecule has 7 heteroatoms. The molecular weight excluding hydrogens is 456 g/mol. The zero-order valence-electron chi connectivity index (χ0n) is 21.6. The molecule has 36 heavy (non-hydrogen) atoms. The Morgan fingerprint density at radius 2 is 1.81 bits per heavy atom. The largest absolute Gasteiger partial charge is 0.491 e. The van der Waals surface area contributed by atoms with Gasteiger partial charge >= 0.3 is 0 Å². The van der Waals surface area contributed by atoms with Crippen LogP contribution in [0.25, 0.3) is 0 Å². The number of piperidine rings is 1. The van der Waals surface area contributed by atoms with E-state index in [1.807, 2.05) is 41.3 Å². The lowest BCUT2D eigenvalue weighted by molar-refractivity contribution is -0.150. The minimum Gasteiger partial charge on any atom is -0.491 e. The fourth-order valence-electron chi connectivity index (χ4n) is 5.11. The molecule has 1 saturated heterocycles. The maximum atomic E-state index is 14.0. The second-order valence-corrected chi connectivity index (χ2v) is 9.92. The van der Waals surface area contributed by atoms with Crippen LogP contribution in [-0.2, 0) is 32.8 Å². The van der Waals surface area contributed by atoms with E-state index in [9.17, 15) is 9.90 Å². The summed E-state index contributed by atoms with van der Waals surface area (Å²) in [6.45, 7) is 3.34. The summed E-state index contributed by atoms with van der Waals surface area (Å²) in [6.07, 6.45) is 4.31. The highest BCUT2D eigenvalue weighted by Crippen LogP contribution is 2.39. The van der Waals surface area contributed by atoms with Gasteiger partial charge in [-0.05, 0) is 67.5 Å². The highest BCUT2D eigenvalue weighted by atomic mass is 16.5. The number of methoxy groups -OCH3 is 2. The summed E-state index contributed by atoms with van der Waals surface area (Å²) in [6, 6.07) is 16.1. The van der Waals surface area contributed by atoms with Gasteiger partial charge in [0.2, 0.25) is 5.91 Å². The first-order valence-electron chi connectivity index (χ1n) is 13.1. The topological polar surface area (TPSA) is 80.3 Å². The molecule has 0 radical (unpaired) electrons. The predicted octanol–water partition coefficient (Wildman–Crippen LogP) is 3.28. The van der Waals surface area contributed by atoms with Crippen molar-refractivity contribution in [2.75, 3.05) is 47.1 Å². The second kappa shape index (κ2) is 12.7. The Hall–Kier alpha value is -2.45. The number of amides is 1. The van der Waals surface area contributed by atoms with E-state index in [0.717, 1.165) is 42.6 Å². The number of aliphatic hydroxyl groups is 1. The van der Waals surface area contributed by atoms with Gasteiger partial charge in [0.15, 0.2) is 0 Å². The van der Waals surface area contributed by atoms with E-state index in [1.54, 1.807) is 14.2 Å². The van der Waals surface area contributed by atoms with Crippen molar-refractivity contribution < 1.29 is 24.1 Å². The highest BCUT2D eigenvalue weighted by molar-refractivity contribution is 5.81. The first-order valence-corrected chi connectivity index (χ1v) is 13.1. The number of ether oxygens (including phenoxy) is 3. The van der Waals surface area contributed by atoms with E-state index in [4.69, 9.17) is 14.2 Å². The normalized spacial score (nSPS) is 21.8. The Morgan fingerprint density at radius 3 is 2.53 bits per heavy atom. The zero-order valence-corrected chi connectivity index (χ0v) is 21.6. The quantitative estimate of drug-likeness (QED) is 0.415. The number of carbonyl (C=O) groups is 1. The van der Waals surface area contributed by atoms with E-state index < -0.39 is 11.5 Å². The van der Waals surface area contributed by atoms with Crippen molar-refractivity contribution in [3.63, 3.8) is 0 Å². The lowest BCUT2D eigenvalue weighted by atomic mass is 9.75. The van der Waals surface area contributed by atoms with Gasteiger partial charge in [0.25, 0.3) is 0 Å². The standard InChI is InChI=1S/C29H40N2O5/c1-34-14-6-7-22-17-23(19-26(18-22)36-16-15-35-2)21-31(25-10-11-25)28(32)27-20-30-13-12-29(27,33)24-8-4-3-5-9-24/h3-5,8-9,17-19,25,27,30,33H,6-7,10-16,20-21H2,1-2H3. The summed E-state index contributed by atoms with van der Waals surface area (Å²) in [7, 11) is 3.37. The van der Waals surface area contributed by atoms with Gasteiger partial charge in [-0.3, -0.25) is 4.79 Å². The molecular formula is C29H40N2O5. The van der Waals surface area contributed by atoms with Crippen molar-refractivity contribution in [3.05, 3.63) is 65.2 Å². The van der Waals surface area contributed by atoms with Crippen molar-refractivity contribution in [2.45, 2.75) is 50.3 Å². The van der Waals surface area contributed by atoms with Crippen molar-refractivity contribution >= 4 is 5.91 Å². The third-order valence-electron chi connectivity index (χ3n) is 7.20. The molecule has 2 N–H and O–H groups in total. The average molecular weight is 497 g/mol. The Labute approximate surface area is 214 Å². The molecule has 2 atom stereocenters. The van der Waals surface area contributed by atoms with Gasteiger partial charge in [-0.15, -0.1) is 0 Å². The molecule has 1 saturated carbocycles. The minimum absolute atomic E-state index is 0.0164. The van der Waals surface area contributed by atoms with Crippen LogP contribution in [-0.4, -0.2) is 69.1 Å². The lowest BCUT2D eigenvalue weighted by Gasteiger charge is -2.42. The molecule has 7 nitrogen and oxygen atoms in total. The Morgan fingerprint density at radius 1 is 1.06 bits per heavy atom. The first kappa shape index (κ1) is 26.6. The summed E-state index contributed by atoms with van der Waals surface area (Å²) in [5, 5.41) is 15.1. The van der Waals surface area contributed by atoms with Gasteiger partial charge in [-0.25, -0.2) is 0 Å². The molecule has 2 aliphatic rings. The molecule has 2 aromatic carbocycles. The van der Waals surface area contributed by atoms with Crippen LogP contribution < -0.4 is 10.1 Å². The molecule has 4 rings (SSSR count). The number of benzene rings is 2. The lowest BCUT2D eigenvalue weighted by Crippen LogP contribution is -2.55. The van der Waals surface area contributed by atoms with Crippen LogP contribution >= 0.6 is 0 Å². The third-order valence-corrected chi connectivity index (χ3v) is 7.20. The SMILES string of the molecule is COCCCc1cc(CN(C(=O)C2CNCCC2(O)c2ccccc2)C2CC2)cc(OCCOC)c1. The maximum Gasteiger partial charge on any atom is 0.230 e. The average Bonchev–Trinajstić information content (AvgIpc) is 3.73. The van der Waals surface area contributed by atoms with Crippen LogP contribution in [0.3, 0.4) is 0 Å². The van der Waals surface area contributed by atoms with E-state index >= 15 is 0 Å². The Kier molecular flexibility index (Phi) is 9.37. The molecule has 0 spiro atoms. The molecule has 196 valence electrons. The summed E-state index contributed by atoms with van der Waals surface area (Å²) in [5.41, 5.74) is 1.85. The first-order chi connectivity index (χ1) is 17.5. The fraction of sp³-hybridized carbons (Fsp3) is 0.552. The van der Waals surface area contributed by atoms with E-state index in [0.29, 0.717) is 45.9 Å². The van der Waals surface area contributed by atoms with Crippen LogP contribution in [0.5, 0.6) is 5.75 Å². The molecule has 1 amide bonds. The molecule has 2 aromatic rings. The Bertz CT molecular complexity index is 953. The zero-order chi connectivity index (χ0) is 25.4. The van der Waals surface area contributed by atoms with Gasteiger partial charge in [-0.2, -0.15) is 0 Å². The molecule has 0 bridgehead atoms. The van der Waals surface area contributed by atoms with Crippen LogP contribution in [0.4, 0.5) is 0 Å². The maximum absolute atomic E-state index is 14.0. The number of nitrogens with zero attached hydrogens (tertiary/aromatic N) is 1. The van der Waals surface area contributed by atoms with Gasteiger partial charge < -0.3 is 29.5 Å². The number of rotatable bonds is 13. The van der Waals surface area contributed by atoms with Gasteiger partial charge in [0.1, 0.15) is 18.0 Å². The number of hydrogen-bond acceptors (Lipinski definition) is 6. The van der Waals surface area contributed by atoms with Gasteiger partial charge in [0, 0.05) is 40.0 Å². The third kappa shape index (κ3) is 6.65. The molecule has 0 aromatic heterocycles. The summed E-state index contributed by atoms with van der Waals surface area (Å²) in [4.78, 5) is 16.0.